The molecule has 0 saturated carbocycles. The molecule has 4 nitrogen and oxygen atoms in total. The van der Waals surface area contributed by atoms with Crippen molar-refractivity contribution >= 4 is 10.9 Å². The largest absolute Gasteiger partial charge is 0.490 e. The van der Waals surface area contributed by atoms with Gasteiger partial charge in [0.25, 0.3) is 0 Å². The summed E-state index contributed by atoms with van der Waals surface area (Å²) in [7, 11) is 0. The summed E-state index contributed by atoms with van der Waals surface area (Å²) in [5.41, 5.74) is 3.76. The van der Waals surface area contributed by atoms with E-state index < -0.39 is 0 Å². The molecule has 4 heteroatoms. The zero-order valence-corrected chi connectivity index (χ0v) is 12.9. The fourth-order valence-electron chi connectivity index (χ4n) is 3.23. The number of nitrogens with one attached hydrogen (secondary N) is 1. The van der Waals surface area contributed by atoms with E-state index in [1.54, 1.807) is 6.20 Å². The van der Waals surface area contributed by atoms with Crippen LogP contribution in [0, 0.1) is 0 Å². The second-order valence-electron chi connectivity index (χ2n) is 5.90. The van der Waals surface area contributed by atoms with E-state index in [4.69, 9.17) is 4.74 Å². The highest BCUT2D eigenvalue weighted by atomic mass is 16.5. The predicted molar refractivity (Wildman–Crippen MR) is 90.7 cm³/mol. The molecule has 0 spiro atoms. The monoisotopic (exact) mass is 305 g/mol. The number of fused-ring (bicyclic) bond motifs is 2. The van der Waals surface area contributed by atoms with Crippen molar-refractivity contribution in [1.29, 1.82) is 0 Å². The third kappa shape index (κ3) is 3.03. The molecule has 1 heterocycles. The minimum absolute atomic E-state index is 0.517. The van der Waals surface area contributed by atoms with Crippen molar-refractivity contribution in [3.05, 3.63) is 65.9 Å². The molecule has 2 aromatic carbocycles. The van der Waals surface area contributed by atoms with Crippen molar-refractivity contribution in [2.75, 3.05) is 13.2 Å². The van der Waals surface area contributed by atoms with Gasteiger partial charge < -0.3 is 10.1 Å². The Hall–Kier alpha value is -2.46. The van der Waals surface area contributed by atoms with E-state index in [1.165, 1.54) is 11.1 Å². The van der Waals surface area contributed by atoms with Gasteiger partial charge in [0.1, 0.15) is 17.9 Å². The lowest BCUT2D eigenvalue weighted by Gasteiger charge is -2.13. The van der Waals surface area contributed by atoms with Crippen LogP contribution in [0.3, 0.4) is 0 Å². The molecule has 0 unspecified atom stereocenters. The van der Waals surface area contributed by atoms with Gasteiger partial charge in [0.2, 0.25) is 0 Å². The maximum Gasteiger partial charge on any atom is 0.147 e. The van der Waals surface area contributed by atoms with Gasteiger partial charge in [-0.1, -0.05) is 36.4 Å². The average molecular weight is 305 g/mol. The number of aromatic nitrogens is 2. The van der Waals surface area contributed by atoms with Crippen LogP contribution in [-0.4, -0.2) is 29.4 Å². The molecule has 0 atom stereocenters. The Morgan fingerprint density at radius 1 is 1.00 bits per heavy atom. The molecule has 0 saturated heterocycles. The van der Waals surface area contributed by atoms with Gasteiger partial charge in [-0.2, -0.15) is 5.10 Å². The third-order valence-corrected chi connectivity index (χ3v) is 4.35. The van der Waals surface area contributed by atoms with Gasteiger partial charge >= 0.3 is 0 Å². The van der Waals surface area contributed by atoms with Crippen molar-refractivity contribution in [1.82, 2.24) is 15.5 Å². The molecule has 0 radical (unpaired) electrons. The molecule has 0 amide bonds. The second kappa shape index (κ2) is 6.34. The van der Waals surface area contributed by atoms with Crippen LogP contribution >= 0.6 is 0 Å². The molecule has 0 aliphatic heterocycles. The molecule has 4 rings (SSSR count). The minimum atomic E-state index is 0.517. The van der Waals surface area contributed by atoms with Gasteiger partial charge in [0.05, 0.1) is 6.20 Å². The van der Waals surface area contributed by atoms with Crippen LogP contribution in [0.4, 0.5) is 0 Å². The summed E-state index contributed by atoms with van der Waals surface area (Å²) in [4.78, 5) is 0. The second-order valence-corrected chi connectivity index (χ2v) is 5.90. The van der Waals surface area contributed by atoms with Gasteiger partial charge in [-0.3, -0.25) is 0 Å². The SMILES string of the molecule is c1ccc2c(c1)CC(NCCOc1cccc3ccnnc13)C2. The topological polar surface area (TPSA) is 47.0 Å². The highest BCUT2D eigenvalue weighted by molar-refractivity contribution is 5.83. The summed E-state index contributed by atoms with van der Waals surface area (Å²) in [5, 5.41) is 12.7. The molecule has 0 fully saturated rings. The zero-order chi connectivity index (χ0) is 15.5. The third-order valence-electron chi connectivity index (χ3n) is 4.35. The highest BCUT2D eigenvalue weighted by Gasteiger charge is 2.19. The first kappa shape index (κ1) is 14.2. The number of nitrogens with zero attached hydrogens (tertiary/aromatic N) is 2. The van der Waals surface area contributed by atoms with Crippen LogP contribution in [-0.2, 0) is 12.8 Å². The number of hydrogen-bond donors (Lipinski definition) is 1. The van der Waals surface area contributed by atoms with Crippen molar-refractivity contribution in [3.8, 4) is 5.75 Å². The Morgan fingerprint density at radius 2 is 1.83 bits per heavy atom. The van der Waals surface area contributed by atoms with Crippen LogP contribution < -0.4 is 10.1 Å². The smallest absolute Gasteiger partial charge is 0.147 e. The molecule has 23 heavy (non-hydrogen) atoms. The molecular formula is C19H19N3O. The van der Waals surface area contributed by atoms with Crippen molar-refractivity contribution in [3.63, 3.8) is 0 Å². The normalized spacial score (nSPS) is 14.1. The van der Waals surface area contributed by atoms with Gasteiger partial charge in [0, 0.05) is 18.0 Å². The molecule has 1 N–H and O–H groups in total. The van der Waals surface area contributed by atoms with Gasteiger partial charge in [0.15, 0.2) is 0 Å². The van der Waals surface area contributed by atoms with E-state index in [1.807, 2.05) is 24.3 Å². The number of benzene rings is 2. The summed E-state index contributed by atoms with van der Waals surface area (Å²) in [6, 6.07) is 17.1. The van der Waals surface area contributed by atoms with E-state index in [-0.39, 0.29) is 0 Å². The maximum absolute atomic E-state index is 5.89. The lowest BCUT2D eigenvalue weighted by Crippen LogP contribution is -2.33. The fourth-order valence-corrected chi connectivity index (χ4v) is 3.23. The first-order valence-electron chi connectivity index (χ1n) is 8.03. The molecule has 3 aromatic rings. The van der Waals surface area contributed by atoms with Crippen LogP contribution in [0.25, 0.3) is 10.9 Å². The van der Waals surface area contributed by atoms with Crippen molar-refractivity contribution < 1.29 is 4.74 Å². The quantitative estimate of drug-likeness (QED) is 0.736. The van der Waals surface area contributed by atoms with E-state index in [0.717, 1.165) is 36.0 Å². The van der Waals surface area contributed by atoms with Gasteiger partial charge in [-0.25, -0.2) is 0 Å². The van der Waals surface area contributed by atoms with Crippen molar-refractivity contribution in [2.45, 2.75) is 18.9 Å². The van der Waals surface area contributed by atoms with Crippen LogP contribution in [0.15, 0.2) is 54.7 Å². The van der Waals surface area contributed by atoms with Crippen LogP contribution in [0.1, 0.15) is 11.1 Å². The van der Waals surface area contributed by atoms with Crippen LogP contribution in [0.2, 0.25) is 0 Å². The molecule has 116 valence electrons. The average Bonchev–Trinajstić information content (AvgIpc) is 3.01. The van der Waals surface area contributed by atoms with E-state index in [0.29, 0.717) is 12.6 Å². The lowest BCUT2D eigenvalue weighted by atomic mass is 10.1. The zero-order valence-electron chi connectivity index (χ0n) is 12.9. The first-order chi connectivity index (χ1) is 11.4. The molecular weight excluding hydrogens is 286 g/mol. The summed E-state index contributed by atoms with van der Waals surface area (Å²) in [6.45, 7) is 1.46. The Balaban J connectivity index is 1.31. The Morgan fingerprint density at radius 3 is 2.65 bits per heavy atom. The van der Waals surface area contributed by atoms with E-state index >= 15 is 0 Å². The van der Waals surface area contributed by atoms with Crippen molar-refractivity contribution in [2.24, 2.45) is 0 Å². The lowest BCUT2D eigenvalue weighted by molar-refractivity contribution is 0.308. The molecule has 0 bridgehead atoms. The molecule has 1 aliphatic rings. The summed E-state index contributed by atoms with van der Waals surface area (Å²) in [6.07, 6.45) is 3.91. The highest BCUT2D eigenvalue weighted by Crippen LogP contribution is 2.23. The first-order valence-corrected chi connectivity index (χ1v) is 8.03. The Kier molecular flexibility index (Phi) is 3.90. The van der Waals surface area contributed by atoms with Crippen LogP contribution in [0.5, 0.6) is 5.75 Å². The number of hydrogen-bond acceptors (Lipinski definition) is 4. The summed E-state index contributed by atoms with van der Waals surface area (Å²) in [5.74, 6) is 0.798. The summed E-state index contributed by atoms with van der Waals surface area (Å²) < 4.78 is 5.89. The summed E-state index contributed by atoms with van der Waals surface area (Å²) >= 11 is 0. The standard InChI is InChI=1S/C19H19N3O/c1-2-5-16-13-17(12-15(16)4-1)20-10-11-23-18-7-3-6-14-8-9-21-22-19(14)18/h1-9,17,20H,10-13H2. The molecule has 1 aromatic heterocycles. The predicted octanol–water partition coefficient (Wildman–Crippen LogP) is 2.77. The number of ether oxygens (including phenoxy) is 1. The van der Waals surface area contributed by atoms with Gasteiger partial charge in [-0.05, 0) is 36.1 Å². The maximum atomic E-state index is 5.89. The minimum Gasteiger partial charge on any atom is -0.490 e. The number of rotatable bonds is 5. The van der Waals surface area contributed by atoms with E-state index in [2.05, 4.69) is 39.8 Å². The molecule has 1 aliphatic carbocycles. The Labute approximate surface area is 135 Å². The van der Waals surface area contributed by atoms with Gasteiger partial charge in [-0.15, -0.1) is 5.10 Å². The fraction of sp³-hybridized carbons (Fsp3) is 0.263. The van der Waals surface area contributed by atoms with E-state index in [9.17, 15) is 0 Å². The Bertz CT molecular complexity index is 788.